The lowest BCUT2D eigenvalue weighted by Gasteiger charge is -2.26. The molecule has 0 aromatic carbocycles. The quantitative estimate of drug-likeness (QED) is 0.916. The van der Waals surface area contributed by atoms with Crippen molar-refractivity contribution in [3.63, 3.8) is 0 Å². The molecule has 0 saturated heterocycles. The average Bonchev–Trinajstić information content (AvgIpc) is 2.87. The fraction of sp³-hybridized carbons (Fsp3) is 0.538. The maximum Gasteiger partial charge on any atom is 0.358 e. The van der Waals surface area contributed by atoms with Gasteiger partial charge in [0.05, 0.1) is 17.9 Å². The normalized spacial score (nSPS) is 15.3. The fourth-order valence-electron chi connectivity index (χ4n) is 2.55. The number of aryl methyl sites for hydroxylation is 2. The number of carbonyl (C=O) groups is 1. The fourth-order valence-corrected chi connectivity index (χ4v) is 2.55. The van der Waals surface area contributed by atoms with Crippen LogP contribution < -0.4 is 0 Å². The van der Waals surface area contributed by atoms with E-state index in [9.17, 15) is 9.90 Å². The predicted molar refractivity (Wildman–Crippen MR) is 68.7 cm³/mol. The Labute approximate surface area is 115 Å². The second-order valence-electron chi connectivity index (χ2n) is 5.22. The predicted octanol–water partition coefficient (Wildman–Crippen LogP) is 1.90. The first-order valence-corrected chi connectivity index (χ1v) is 6.66. The summed E-state index contributed by atoms with van der Waals surface area (Å²) in [4.78, 5) is 11.3. The minimum atomic E-state index is -1.02. The van der Waals surface area contributed by atoms with Gasteiger partial charge in [-0.2, -0.15) is 0 Å². The molecule has 106 valence electrons. The first-order chi connectivity index (χ1) is 9.58. The zero-order valence-corrected chi connectivity index (χ0v) is 11.5. The molecule has 0 amide bonds. The smallest absolute Gasteiger partial charge is 0.358 e. The molecule has 0 radical (unpaired) electrons. The zero-order chi connectivity index (χ0) is 14.3. The van der Waals surface area contributed by atoms with E-state index in [1.807, 2.05) is 13.8 Å². The largest absolute Gasteiger partial charge is 0.476 e. The van der Waals surface area contributed by atoms with Crippen molar-refractivity contribution in [1.29, 1.82) is 0 Å². The van der Waals surface area contributed by atoms with Gasteiger partial charge in [0.1, 0.15) is 5.76 Å². The third kappa shape index (κ3) is 1.99. The Morgan fingerprint density at radius 3 is 2.70 bits per heavy atom. The third-order valence-corrected chi connectivity index (χ3v) is 3.96. The van der Waals surface area contributed by atoms with Gasteiger partial charge in [-0.15, -0.1) is 5.10 Å². The van der Waals surface area contributed by atoms with Crippen LogP contribution in [0.5, 0.6) is 0 Å². The van der Waals surface area contributed by atoms with Gasteiger partial charge in [0.2, 0.25) is 0 Å². The maximum atomic E-state index is 11.3. The van der Waals surface area contributed by atoms with Crippen molar-refractivity contribution >= 4 is 5.97 Å². The number of nitrogens with zero attached hydrogens (tertiary/aromatic N) is 4. The van der Waals surface area contributed by atoms with Crippen LogP contribution in [-0.4, -0.2) is 31.2 Å². The lowest BCUT2D eigenvalue weighted by molar-refractivity contribution is 0.0687. The second-order valence-corrected chi connectivity index (χ2v) is 5.22. The number of carboxylic acid groups (broad SMARTS) is 1. The topological polar surface area (TPSA) is 94.0 Å². The molecule has 2 aromatic heterocycles. The van der Waals surface area contributed by atoms with Crippen LogP contribution in [0, 0.1) is 13.8 Å². The van der Waals surface area contributed by atoms with Crippen molar-refractivity contribution in [2.24, 2.45) is 0 Å². The van der Waals surface area contributed by atoms with Gasteiger partial charge in [0, 0.05) is 11.5 Å². The molecule has 0 spiro atoms. The highest BCUT2D eigenvalue weighted by Gasteiger charge is 2.31. The molecule has 0 bridgehead atoms. The highest BCUT2D eigenvalue weighted by atomic mass is 16.5. The molecule has 20 heavy (non-hydrogen) atoms. The van der Waals surface area contributed by atoms with Crippen molar-refractivity contribution in [1.82, 2.24) is 20.2 Å². The standard InChI is InChI=1S/C13H16N4O3/c1-7-10(8(2)20-15-7)6-17-12(9-4-3-5-9)11(13(18)19)14-16-17/h9H,3-6H2,1-2H3,(H,18,19). The molecule has 1 N–H and O–H groups in total. The van der Waals surface area contributed by atoms with E-state index in [0.29, 0.717) is 6.54 Å². The zero-order valence-electron chi connectivity index (χ0n) is 11.5. The van der Waals surface area contributed by atoms with E-state index in [1.54, 1.807) is 4.68 Å². The van der Waals surface area contributed by atoms with Crippen molar-refractivity contribution in [3.05, 3.63) is 28.4 Å². The van der Waals surface area contributed by atoms with Gasteiger partial charge in [-0.05, 0) is 26.7 Å². The van der Waals surface area contributed by atoms with Crippen LogP contribution in [0.15, 0.2) is 4.52 Å². The number of aromatic nitrogens is 4. The lowest BCUT2D eigenvalue weighted by Crippen LogP contribution is -2.19. The molecule has 2 aromatic rings. The van der Waals surface area contributed by atoms with Crippen molar-refractivity contribution in [2.45, 2.75) is 45.6 Å². The molecule has 2 heterocycles. The molecule has 1 aliphatic carbocycles. The van der Waals surface area contributed by atoms with Gasteiger partial charge in [-0.1, -0.05) is 16.8 Å². The summed E-state index contributed by atoms with van der Waals surface area (Å²) in [5, 5.41) is 21.0. The molecule has 0 unspecified atom stereocenters. The highest BCUT2D eigenvalue weighted by Crippen LogP contribution is 2.37. The summed E-state index contributed by atoms with van der Waals surface area (Å²) in [6.45, 7) is 4.16. The van der Waals surface area contributed by atoms with Gasteiger partial charge in [-0.25, -0.2) is 9.48 Å². The van der Waals surface area contributed by atoms with E-state index >= 15 is 0 Å². The first kappa shape index (κ1) is 12.8. The van der Waals surface area contributed by atoms with E-state index in [-0.39, 0.29) is 11.6 Å². The first-order valence-electron chi connectivity index (χ1n) is 6.66. The van der Waals surface area contributed by atoms with E-state index in [2.05, 4.69) is 15.5 Å². The van der Waals surface area contributed by atoms with E-state index in [4.69, 9.17) is 4.52 Å². The Morgan fingerprint density at radius 2 is 2.20 bits per heavy atom. The molecule has 0 atom stereocenters. The average molecular weight is 276 g/mol. The van der Waals surface area contributed by atoms with Gasteiger partial charge < -0.3 is 9.63 Å². The van der Waals surface area contributed by atoms with Crippen LogP contribution in [0.25, 0.3) is 0 Å². The highest BCUT2D eigenvalue weighted by molar-refractivity contribution is 5.86. The van der Waals surface area contributed by atoms with Crippen molar-refractivity contribution in [2.75, 3.05) is 0 Å². The Bertz CT molecular complexity index is 635. The van der Waals surface area contributed by atoms with E-state index in [0.717, 1.165) is 42.0 Å². The summed E-state index contributed by atoms with van der Waals surface area (Å²) in [6.07, 6.45) is 3.12. The van der Waals surface area contributed by atoms with Gasteiger partial charge in [0.15, 0.2) is 5.69 Å². The lowest BCUT2D eigenvalue weighted by atomic mass is 9.82. The van der Waals surface area contributed by atoms with E-state index < -0.39 is 5.97 Å². The van der Waals surface area contributed by atoms with Crippen LogP contribution in [0.4, 0.5) is 0 Å². The Morgan fingerprint density at radius 1 is 1.45 bits per heavy atom. The summed E-state index contributed by atoms with van der Waals surface area (Å²) in [5.41, 5.74) is 2.53. The molecule has 1 fully saturated rings. The van der Waals surface area contributed by atoms with Gasteiger partial charge in [-0.3, -0.25) is 0 Å². The molecular formula is C13H16N4O3. The van der Waals surface area contributed by atoms with Crippen molar-refractivity contribution in [3.8, 4) is 0 Å². The Kier molecular flexibility index (Phi) is 3.04. The van der Waals surface area contributed by atoms with E-state index in [1.165, 1.54) is 0 Å². The molecule has 1 aliphatic rings. The summed E-state index contributed by atoms with van der Waals surface area (Å²) >= 11 is 0. The second kappa shape index (κ2) is 4.73. The Balaban J connectivity index is 1.99. The minimum absolute atomic E-state index is 0.0708. The van der Waals surface area contributed by atoms with Crippen LogP contribution in [-0.2, 0) is 6.54 Å². The molecule has 1 saturated carbocycles. The number of aromatic carboxylic acids is 1. The molecule has 7 nitrogen and oxygen atoms in total. The minimum Gasteiger partial charge on any atom is -0.476 e. The van der Waals surface area contributed by atoms with Gasteiger partial charge in [0.25, 0.3) is 0 Å². The summed E-state index contributed by atoms with van der Waals surface area (Å²) < 4.78 is 6.81. The molecule has 3 rings (SSSR count). The molecule has 7 heteroatoms. The van der Waals surface area contributed by atoms with Crippen LogP contribution in [0.1, 0.15) is 58.4 Å². The number of rotatable bonds is 4. The molecule has 0 aliphatic heterocycles. The summed E-state index contributed by atoms with van der Waals surface area (Å²) in [7, 11) is 0. The monoisotopic (exact) mass is 276 g/mol. The third-order valence-electron chi connectivity index (χ3n) is 3.96. The summed E-state index contributed by atoms with van der Waals surface area (Å²) in [5.74, 6) is -0.0390. The van der Waals surface area contributed by atoms with Crippen LogP contribution >= 0.6 is 0 Å². The van der Waals surface area contributed by atoms with Crippen LogP contribution in [0.2, 0.25) is 0 Å². The SMILES string of the molecule is Cc1noc(C)c1Cn1nnc(C(=O)O)c1C1CCC1. The number of hydrogen-bond donors (Lipinski definition) is 1. The van der Waals surface area contributed by atoms with Gasteiger partial charge >= 0.3 is 5.97 Å². The summed E-state index contributed by atoms with van der Waals surface area (Å²) in [6, 6.07) is 0. The number of carboxylic acids is 1. The molecular weight excluding hydrogens is 260 g/mol. The number of hydrogen-bond acceptors (Lipinski definition) is 5. The Hall–Kier alpha value is -2.18. The maximum absolute atomic E-state index is 11.3. The van der Waals surface area contributed by atoms with Crippen LogP contribution in [0.3, 0.4) is 0 Å². The van der Waals surface area contributed by atoms with Crippen molar-refractivity contribution < 1.29 is 14.4 Å².